The number of benzene rings is 1. The van der Waals surface area contributed by atoms with E-state index in [1.165, 1.54) is 19.3 Å². The molecule has 1 aliphatic rings. The number of para-hydroxylation sites is 2. The molecule has 1 aliphatic carbocycles. The molecule has 0 saturated heterocycles. The zero-order valence-corrected chi connectivity index (χ0v) is 15.4. The molecule has 1 fully saturated rings. The number of hydrogen-bond donors (Lipinski definition) is 2. The van der Waals surface area contributed by atoms with E-state index < -0.39 is 0 Å². The molecule has 1 saturated carbocycles. The summed E-state index contributed by atoms with van der Waals surface area (Å²) in [5, 5.41) is 6.23. The Hall–Kier alpha value is -2.63. The number of nitrogens with zero attached hydrogens (tertiary/aromatic N) is 2. The number of anilines is 2. The normalized spacial score (nSPS) is 14.9. The Kier molecular flexibility index (Phi) is 6.04. The average Bonchev–Trinajstić information content (AvgIpc) is 2.64. The molecule has 1 amide bonds. The fourth-order valence-corrected chi connectivity index (χ4v) is 3.10. The van der Waals surface area contributed by atoms with E-state index >= 15 is 0 Å². The molecule has 0 unspecified atom stereocenters. The van der Waals surface area contributed by atoms with Gasteiger partial charge in [-0.2, -0.15) is 0 Å². The van der Waals surface area contributed by atoms with Crippen molar-refractivity contribution < 1.29 is 9.53 Å². The number of rotatable bonds is 6. The highest BCUT2D eigenvalue weighted by molar-refractivity contribution is 5.92. The van der Waals surface area contributed by atoms with Gasteiger partial charge in [-0.1, -0.05) is 31.4 Å². The SMILES string of the molecule is CC(C)Oc1ccccc1Nc1nccc(C(=O)NC2CCCCC2)n1. The van der Waals surface area contributed by atoms with E-state index in [0.717, 1.165) is 24.3 Å². The number of ether oxygens (including phenoxy) is 1. The van der Waals surface area contributed by atoms with Crippen molar-refractivity contribution in [2.75, 3.05) is 5.32 Å². The molecule has 0 aliphatic heterocycles. The zero-order chi connectivity index (χ0) is 18.4. The molecule has 26 heavy (non-hydrogen) atoms. The van der Waals surface area contributed by atoms with Gasteiger partial charge in [-0.3, -0.25) is 4.79 Å². The lowest BCUT2D eigenvalue weighted by atomic mass is 9.95. The quantitative estimate of drug-likeness (QED) is 0.818. The van der Waals surface area contributed by atoms with Crippen LogP contribution in [0, 0.1) is 0 Å². The van der Waals surface area contributed by atoms with E-state index in [2.05, 4.69) is 20.6 Å². The standard InChI is InChI=1S/C20H26N4O2/c1-14(2)26-18-11-7-6-10-16(18)23-20-21-13-12-17(24-20)19(25)22-15-8-4-3-5-9-15/h6-7,10-15H,3-5,8-9H2,1-2H3,(H,22,25)(H,21,23,24). The van der Waals surface area contributed by atoms with E-state index in [1.54, 1.807) is 12.3 Å². The van der Waals surface area contributed by atoms with E-state index in [1.807, 2.05) is 38.1 Å². The van der Waals surface area contributed by atoms with Crippen LogP contribution >= 0.6 is 0 Å². The summed E-state index contributed by atoms with van der Waals surface area (Å²) in [6.45, 7) is 3.95. The topological polar surface area (TPSA) is 76.1 Å². The summed E-state index contributed by atoms with van der Waals surface area (Å²) in [6.07, 6.45) is 7.35. The van der Waals surface area contributed by atoms with Gasteiger partial charge in [0.05, 0.1) is 11.8 Å². The number of amides is 1. The largest absolute Gasteiger partial charge is 0.489 e. The Morgan fingerprint density at radius 2 is 1.92 bits per heavy atom. The summed E-state index contributed by atoms with van der Waals surface area (Å²) in [4.78, 5) is 21.1. The van der Waals surface area contributed by atoms with Crippen LogP contribution in [-0.4, -0.2) is 28.0 Å². The van der Waals surface area contributed by atoms with Crippen molar-refractivity contribution in [3.05, 3.63) is 42.2 Å². The van der Waals surface area contributed by atoms with Crippen LogP contribution in [0.1, 0.15) is 56.4 Å². The van der Waals surface area contributed by atoms with Crippen molar-refractivity contribution in [2.45, 2.75) is 58.1 Å². The molecule has 3 rings (SSSR count). The first-order valence-corrected chi connectivity index (χ1v) is 9.28. The Morgan fingerprint density at radius 1 is 1.15 bits per heavy atom. The first kappa shape index (κ1) is 18.2. The van der Waals surface area contributed by atoms with Gasteiger partial charge in [0.25, 0.3) is 5.91 Å². The zero-order valence-electron chi connectivity index (χ0n) is 15.4. The Morgan fingerprint density at radius 3 is 2.69 bits per heavy atom. The molecule has 0 bridgehead atoms. The molecule has 0 spiro atoms. The second kappa shape index (κ2) is 8.65. The maximum absolute atomic E-state index is 12.5. The third-order valence-corrected chi connectivity index (χ3v) is 4.32. The molecule has 2 N–H and O–H groups in total. The van der Waals surface area contributed by atoms with Crippen molar-refractivity contribution in [1.82, 2.24) is 15.3 Å². The number of carbonyl (C=O) groups is 1. The highest BCUT2D eigenvalue weighted by atomic mass is 16.5. The van der Waals surface area contributed by atoms with E-state index in [0.29, 0.717) is 11.6 Å². The molecule has 2 aromatic rings. The third-order valence-electron chi connectivity index (χ3n) is 4.32. The van der Waals surface area contributed by atoms with Gasteiger partial charge in [0.15, 0.2) is 0 Å². The lowest BCUT2D eigenvalue weighted by molar-refractivity contribution is 0.0922. The second-order valence-corrected chi connectivity index (χ2v) is 6.86. The molecular weight excluding hydrogens is 328 g/mol. The van der Waals surface area contributed by atoms with Gasteiger partial charge in [0, 0.05) is 12.2 Å². The van der Waals surface area contributed by atoms with Crippen molar-refractivity contribution in [2.24, 2.45) is 0 Å². The fourth-order valence-electron chi connectivity index (χ4n) is 3.10. The average molecular weight is 354 g/mol. The van der Waals surface area contributed by atoms with E-state index in [-0.39, 0.29) is 18.1 Å². The lowest BCUT2D eigenvalue weighted by Gasteiger charge is -2.22. The van der Waals surface area contributed by atoms with Gasteiger partial charge in [-0.25, -0.2) is 9.97 Å². The van der Waals surface area contributed by atoms with Crippen molar-refractivity contribution >= 4 is 17.5 Å². The Labute approximate surface area is 154 Å². The minimum absolute atomic E-state index is 0.0615. The minimum Gasteiger partial charge on any atom is -0.489 e. The van der Waals surface area contributed by atoms with Crippen LogP contribution in [0.4, 0.5) is 11.6 Å². The summed E-state index contributed by atoms with van der Waals surface area (Å²) < 4.78 is 5.80. The Balaban J connectivity index is 1.70. The maximum Gasteiger partial charge on any atom is 0.270 e. The molecular formula is C20H26N4O2. The van der Waals surface area contributed by atoms with Gasteiger partial charge in [0.1, 0.15) is 11.4 Å². The molecule has 6 nitrogen and oxygen atoms in total. The molecule has 1 aromatic heterocycles. The van der Waals surface area contributed by atoms with Crippen molar-refractivity contribution in [3.8, 4) is 5.75 Å². The summed E-state index contributed by atoms with van der Waals surface area (Å²) in [5.74, 6) is 0.957. The van der Waals surface area contributed by atoms with Crippen LogP contribution in [0.5, 0.6) is 5.75 Å². The first-order valence-electron chi connectivity index (χ1n) is 9.28. The number of nitrogens with one attached hydrogen (secondary N) is 2. The van der Waals surface area contributed by atoms with Crippen LogP contribution in [0.15, 0.2) is 36.5 Å². The molecule has 6 heteroatoms. The fraction of sp³-hybridized carbons (Fsp3) is 0.450. The van der Waals surface area contributed by atoms with Crippen molar-refractivity contribution in [1.29, 1.82) is 0 Å². The highest BCUT2D eigenvalue weighted by Gasteiger charge is 2.18. The van der Waals surface area contributed by atoms with Crippen molar-refractivity contribution in [3.63, 3.8) is 0 Å². The number of carbonyl (C=O) groups excluding carboxylic acids is 1. The maximum atomic E-state index is 12.5. The molecule has 0 atom stereocenters. The summed E-state index contributed by atoms with van der Waals surface area (Å²) in [5.41, 5.74) is 1.14. The molecule has 1 aromatic carbocycles. The first-order chi connectivity index (χ1) is 12.6. The van der Waals surface area contributed by atoms with Gasteiger partial charge < -0.3 is 15.4 Å². The molecule has 0 radical (unpaired) electrons. The highest BCUT2D eigenvalue weighted by Crippen LogP contribution is 2.27. The summed E-state index contributed by atoms with van der Waals surface area (Å²) in [6, 6.07) is 9.51. The number of hydrogen-bond acceptors (Lipinski definition) is 5. The van der Waals surface area contributed by atoms with Gasteiger partial charge >= 0.3 is 0 Å². The van der Waals surface area contributed by atoms with Crippen LogP contribution in [0.25, 0.3) is 0 Å². The number of aromatic nitrogens is 2. The van der Waals surface area contributed by atoms with Gasteiger partial charge in [-0.15, -0.1) is 0 Å². The van der Waals surface area contributed by atoms with Crippen LogP contribution in [0.3, 0.4) is 0 Å². The molecule has 138 valence electrons. The summed E-state index contributed by atoms with van der Waals surface area (Å²) >= 11 is 0. The predicted molar refractivity (Wildman–Crippen MR) is 102 cm³/mol. The van der Waals surface area contributed by atoms with Gasteiger partial charge in [-0.05, 0) is 44.9 Å². The third kappa shape index (κ3) is 4.94. The summed E-state index contributed by atoms with van der Waals surface area (Å²) in [7, 11) is 0. The van der Waals surface area contributed by atoms with Crippen LogP contribution in [0.2, 0.25) is 0 Å². The predicted octanol–water partition coefficient (Wildman–Crippen LogP) is 4.07. The van der Waals surface area contributed by atoms with E-state index in [4.69, 9.17) is 4.74 Å². The second-order valence-electron chi connectivity index (χ2n) is 6.86. The van der Waals surface area contributed by atoms with E-state index in [9.17, 15) is 4.79 Å². The smallest absolute Gasteiger partial charge is 0.270 e. The Bertz CT molecular complexity index is 742. The van der Waals surface area contributed by atoms with Crippen LogP contribution in [-0.2, 0) is 0 Å². The van der Waals surface area contributed by atoms with Gasteiger partial charge in [0.2, 0.25) is 5.95 Å². The lowest BCUT2D eigenvalue weighted by Crippen LogP contribution is -2.36. The minimum atomic E-state index is -0.144. The molecule has 1 heterocycles. The monoisotopic (exact) mass is 354 g/mol. The van der Waals surface area contributed by atoms with Crippen LogP contribution < -0.4 is 15.4 Å².